The average Bonchev–Trinajstić information content (AvgIpc) is 1.91. The standard InChI is InChI=1S/C9H18O3S/c1-9(2)7-5-4-6-8(9)12-13(3,10)11/h8H,4-7H2,1-3H3. The molecule has 0 saturated heterocycles. The third-order valence-electron chi connectivity index (χ3n) is 2.70. The Labute approximate surface area is 80.6 Å². The van der Waals surface area contributed by atoms with E-state index in [1.807, 2.05) is 0 Å². The fourth-order valence-corrected chi connectivity index (χ4v) is 2.63. The lowest BCUT2D eigenvalue weighted by Crippen LogP contribution is -2.36. The lowest BCUT2D eigenvalue weighted by Gasteiger charge is -2.37. The van der Waals surface area contributed by atoms with Gasteiger partial charge in [0, 0.05) is 0 Å². The zero-order valence-corrected chi connectivity index (χ0v) is 9.36. The van der Waals surface area contributed by atoms with Gasteiger partial charge in [0.05, 0.1) is 12.4 Å². The molecule has 0 amide bonds. The first-order valence-corrected chi connectivity index (χ1v) is 6.51. The normalized spacial score (nSPS) is 28.7. The highest BCUT2D eigenvalue weighted by Gasteiger charge is 2.35. The molecular weight excluding hydrogens is 188 g/mol. The van der Waals surface area contributed by atoms with Gasteiger partial charge < -0.3 is 0 Å². The van der Waals surface area contributed by atoms with Crippen molar-refractivity contribution in [1.29, 1.82) is 0 Å². The molecule has 78 valence electrons. The molecule has 0 aromatic heterocycles. The van der Waals surface area contributed by atoms with Gasteiger partial charge in [-0.3, -0.25) is 4.18 Å². The van der Waals surface area contributed by atoms with Crippen molar-refractivity contribution in [2.24, 2.45) is 5.41 Å². The van der Waals surface area contributed by atoms with Crippen LogP contribution in [0.15, 0.2) is 0 Å². The molecule has 3 nitrogen and oxygen atoms in total. The largest absolute Gasteiger partial charge is 0.266 e. The Balaban J connectivity index is 2.67. The van der Waals surface area contributed by atoms with Gasteiger partial charge in [-0.15, -0.1) is 0 Å². The van der Waals surface area contributed by atoms with E-state index < -0.39 is 10.1 Å². The second-order valence-electron chi connectivity index (χ2n) is 4.52. The Morgan fingerprint density at radius 3 is 2.38 bits per heavy atom. The van der Waals surface area contributed by atoms with E-state index in [0.29, 0.717) is 0 Å². The van der Waals surface area contributed by atoms with Crippen molar-refractivity contribution >= 4 is 10.1 Å². The molecule has 1 aliphatic carbocycles. The third kappa shape index (κ3) is 3.27. The van der Waals surface area contributed by atoms with Crippen LogP contribution in [0, 0.1) is 5.41 Å². The van der Waals surface area contributed by atoms with Gasteiger partial charge in [-0.25, -0.2) is 0 Å². The van der Waals surface area contributed by atoms with Crippen LogP contribution in [-0.4, -0.2) is 20.8 Å². The molecule has 4 heteroatoms. The summed E-state index contributed by atoms with van der Waals surface area (Å²) in [6, 6.07) is 0. The van der Waals surface area contributed by atoms with Crippen LogP contribution in [0.1, 0.15) is 39.5 Å². The monoisotopic (exact) mass is 206 g/mol. The molecule has 0 N–H and O–H groups in total. The molecule has 0 bridgehead atoms. The van der Waals surface area contributed by atoms with E-state index in [1.165, 1.54) is 6.42 Å². The summed E-state index contributed by atoms with van der Waals surface area (Å²) >= 11 is 0. The molecule has 1 atom stereocenters. The van der Waals surface area contributed by atoms with Crippen LogP contribution in [0.2, 0.25) is 0 Å². The van der Waals surface area contributed by atoms with Gasteiger partial charge >= 0.3 is 0 Å². The predicted octanol–water partition coefficient (Wildman–Crippen LogP) is 1.93. The van der Waals surface area contributed by atoms with E-state index in [2.05, 4.69) is 13.8 Å². The number of rotatable bonds is 2. The molecule has 0 spiro atoms. The molecule has 0 aromatic rings. The van der Waals surface area contributed by atoms with Crippen molar-refractivity contribution in [3.05, 3.63) is 0 Å². The molecule has 1 unspecified atom stereocenters. The van der Waals surface area contributed by atoms with Gasteiger partial charge in [-0.1, -0.05) is 26.7 Å². The molecule has 0 heterocycles. The summed E-state index contributed by atoms with van der Waals surface area (Å²) in [6.45, 7) is 4.14. The Kier molecular flexibility index (Phi) is 3.02. The Hall–Kier alpha value is -0.0900. The first-order chi connectivity index (χ1) is 5.81. The Morgan fingerprint density at radius 1 is 1.31 bits per heavy atom. The van der Waals surface area contributed by atoms with E-state index in [-0.39, 0.29) is 11.5 Å². The summed E-state index contributed by atoms with van der Waals surface area (Å²) in [4.78, 5) is 0. The van der Waals surface area contributed by atoms with E-state index in [1.54, 1.807) is 0 Å². The highest BCUT2D eigenvalue weighted by molar-refractivity contribution is 7.86. The van der Waals surface area contributed by atoms with Crippen LogP contribution in [0.3, 0.4) is 0 Å². The van der Waals surface area contributed by atoms with Crippen LogP contribution in [0.5, 0.6) is 0 Å². The topological polar surface area (TPSA) is 43.4 Å². The SMILES string of the molecule is CC1(C)CCCCC1OS(C)(=O)=O. The van der Waals surface area contributed by atoms with Crippen molar-refractivity contribution in [3.63, 3.8) is 0 Å². The zero-order valence-electron chi connectivity index (χ0n) is 8.54. The first kappa shape index (κ1) is 11.0. The highest BCUT2D eigenvalue weighted by Crippen LogP contribution is 2.37. The van der Waals surface area contributed by atoms with Gasteiger partial charge in [0.2, 0.25) is 0 Å². The molecule has 1 fully saturated rings. The van der Waals surface area contributed by atoms with Gasteiger partial charge in [0.25, 0.3) is 10.1 Å². The average molecular weight is 206 g/mol. The molecule has 13 heavy (non-hydrogen) atoms. The van der Waals surface area contributed by atoms with Crippen molar-refractivity contribution in [2.75, 3.05) is 6.26 Å². The smallest absolute Gasteiger partial charge is 0.264 e. The quantitative estimate of drug-likeness (QED) is 0.648. The Morgan fingerprint density at radius 2 is 1.92 bits per heavy atom. The summed E-state index contributed by atoms with van der Waals surface area (Å²) in [7, 11) is -3.29. The van der Waals surface area contributed by atoms with Gasteiger partial charge in [-0.2, -0.15) is 8.42 Å². The Bertz CT molecular complexity index is 267. The van der Waals surface area contributed by atoms with Crippen LogP contribution in [-0.2, 0) is 14.3 Å². The van der Waals surface area contributed by atoms with E-state index in [4.69, 9.17) is 4.18 Å². The van der Waals surface area contributed by atoms with Gasteiger partial charge in [0.15, 0.2) is 0 Å². The van der Waals surface area contributed by atoms with Crippen LogP contribution in [0.4, 0.5) is 0 Å². The summed E-state index contributed by atoms with van der Waals surface area (Å²) in [6.07, 6.45) is 5.15. The van der Waals surface area contributed by atoms with Crippen molar-refractivity contribution in [3.8, 4) is 0 Å². The molecule has 1 rings (SSSR count). The molecule has 0 radical (unpaired) electrons. The number of hydrogen-bond acceptors (Lipinski definition) is 3. The second kappa shape index (κ2) is 3.58. The minimum Gasteiger partial charge on any atom is -0.266 e. The third-order valence-corrected chi connectivity index (χ3v) is 3.28. The summed E-state index contributed by atoms with van der Waals surface area (Å²) in [5, 5.41) is 0. The van der Waals surface area contributed by atoms with Crippen molar-refractivity contribution in [2.45, 2.75) is 45.6 Å². The molecular formula is C9H18O3S. The first-order valence-electron chi connectivity index (χ1n) is 4.69. The predicted molar refractivity (Wildman–Crippen MR) is 52.0 cm³/mol. The summed E-state index contributed by atoms with van der Waals surface area (Å²) < 4.78 is 27.0. The fraction of sp³-hybridized carbons (Fsp3) is 1.00. The lowest BCUT2D eigenvalue weighted by atomic mass is 9.75. The van der Waals surface area contributed by atoms with E-state index in [0.717, 1.165) is 25.5 Å². The maximum atomic E-state index is 11.0. The lowest BCUT2D eigenvalue weighted by molar-refractivity contribution is 0.0398. The molecule has 1 saturated carbocycles. The summed E-state index contributed by atoms with van der Waals surface area (Å²) in [5.74, 6) is 0. The van der Waals surface area contributed by atoms with Crippen LogP contribution in [0.25, 0.3) is 0 Å². The zero-order chi connectivity index (χ0) is 10.1. The minimum atomic E-state index is -3.29. The highest BCUT2D eigenvalue weighted by atomic mass is 32.2. The fourth-order valence-electron chi connectivity index (χ4n) is 1.85. The maximum absolute atomic E-state index is 11.0. The minimum absolute atomic E-state index is 0.00132. The van der Waals surface area contributed by atoms with Gasteiger partial charge in [-0.05, 0) is 18.3 Å². The maximum Gasteiger partial charge on any atom is 0.264 e. The van der Waals surface area contributed by atoms with E-state index >= 15 is 0 Å². The van der Waals surface area contributed by atoms with Crippen LogP contribution < -0.4 is 0 Å². The summed E-state index contributed by atoms with van der Waals surface area (Å²) in [5.41, 5.74) is 0.00132. The van der Waals surface area contributed by atoms with Crippen LogP contribution >= 0.6 is 0 Å². The van der Waals surface area contributed by atoms with E-state index in [9.17, 15) is 8.42 Å². The molecule has 0 aromatic carbocycles. The van der Waals surface area contributed by atoms with Gasteiger partial charge in [0.1, 0.15) is 0 Å². The second-order valence-corrected chi connectivity index (χ2v) is 6.12. The van der Waals surface area contributed by atoms with Crippen molar-refractivity contribution < 1.29 is 12.6 Å². The molecule has 0 aliphatic heterocycles. The number of hydrogen-bond donors (Lipinski definition) is 0. The van der Waals surface area contributed by atoms with Crippen molar-refractivity contribution in [1.82, 2.24) is 0 Å². The molecule has 1 aliphatic rings.